The zero-order valence-corrected chi connectivity index (χ0v) is 12.7. The SMILES string of the molecule is CCOC1CCCN(C(=O)CC2NCc3ccccc32)C1. The van der Waals surface area contributed by atoms with Crippen molar-refractivity contribution in [1.29, 1.82) is 0 Å². The fourth-order valence-electron chi connectivity index (χ4n) is 3.40. The van der Waals surface area contributed by atoms with E-state index < -0.39 is 0 Å². The van der Waals surface area contributed by atoms with Crippen LogP contribution < -0.4 is 5.32 Å². The fourth-order valence-corrected chi connectivity index (χ4v) is 3.40. The summed E-state index contributed by atoms with van der Waals surface area (Å²) in [4.78, 5) is 14.5. The molecule has 114 valence electrons. The van der Waals surface area contributed by atoms with E-state index in [0.717, 1.165) is 39.1 Å². The second-order valence-electron chi connectivity index (χ2n) is 5.90. The number of amides is 1. The van der Waals surface area contributed by atoms with Crippen LogP contribution in [-0.4, -0.2) is 36.6 Å². The van der Waals surface area contributed by atoms with Gasteiger partial charge < -0.3 is 15.0 Å². The Balaban J connectivity index is 1.59. The number of hydrogen-bond donors (Lipinski definition) is 1. The topological polar surface area (TPSA) is 41.6 Å². The molecule has 1 saturated heterocycles. The quantitative estimate of drug-likeness (QED) is 0.924. The van der Waals surface area contributed by atoms with Gasteiger partial charge in [0.2, 0.25) is 5.91 Å². The van der Waals surface area contributed by atoms with Gasteiger partial charge >= 0.3 is 0 Å². The number of fused-ring (bicyclic) bond motifs is 1. The second kappa shape index (κ2) is 6.58. The van der Waals surface area contributed by atoms with Crippen LogP contribution in [0.2, 0.25) is 0 Å². The average molecular weight is 288 g/mol. The Morgan fingerprint density at radius 1 is 1.43 bits per heavy atom. The Kier molecular flexibility index (Phi) is 4.56. The van der Waals surface area contributed by atoms with Crippen LogP contribution >= 0.6 is 0 Å². The molecule has 0 saturated carbocycles. The molecule has 2 aliphatic heterocycles. The molecule has 0 aliphatic carbocycles. The summed E-state index contributed by atoms with van der Waals surface area (Å²) < 4.78 is 5.68. The van der Waals surface area contributed by atoms with Gasteiger partial charge in [0.1, 0.15) is 0 Å². The maximum absolute atomic E-state index is 12.5. The van der Waals surface area contributed by atoms with Crippen LogP contribution in [0.1, 0.15) is 43.4 Å². The number of hydrogen-bond acceptors (Lipinski definition) is 3. The zero-order valence-electron chi connectivity index (χ0n) is 12.7. The predicted octanol–water partition coefficient (Wildman–Crippen LogP) is 2.25. The maximum Gasteiger partial charge on any atom is 0.224 e. The Hall–Kier alpha value is -1.39. The van der Waals surface area contributed by atoms with Gasteiger partial charge in [-0.1, -0.05) is 24.3 Å². The minimum Gasteiger partial charge on any atom is -0.377 e. The summed E-state index contributed by atoms with van der Waals surface area (Å²) in [6.07, 6.45) is 2.89. The molecule has 0 aromatic heterocycles. The Bertz CT molecular complexity index is 501. The second-order valence-corrected chi connectivity index (χ2v) is 5.90. The number of carbonyl (C=O) groups excluding carboxylic acids is 1. The van der Waals surface area contributed by atoms with E-state index in [9.17, 15) is 4.79 Å². The third kappa shape index (κ3) is 3.27. The highest BCUT2D eigenvalue weighted by Crippen LogP contribution is 2.28. The minimum atomic E-state index is 0.168. The lowest BCUT2D eigenvalue weighted by Crippen LogP contribution is -2.44. The number of carbonyl (C=O) groups is 1. The first kappa shape index (κ1) is 14.5. The monoisotopic (exact) mass is 288 g/mol. The molecule has 1 fully saturated rings. The van der Waals surface area contributed by atoms with Crippen LogP contribution in [0.5, 0.6) is 0 Å². The smallest absolute Gasteiger partial charge is 0.224 e. The number of nitrogens with zero attached hydrogens (tertiary/aromatic N) is 1. The van der Waals surface area contributed by atoms with E-state index in [4.69, 9.17) is 4.74 Å². The number of likely N-dealkylation sites (tertiary alicyclic amines) is 1. The summed E-state index contributed by atoms with van der Waals surface area (Å²) in [7, 11) is 0. The van der Waals surface area contributed by atoms with Crippen LogP contribution in [0.4, 0.5) is 0 Å². The van der Waals surface area contributed by atoms with Gasteiger partial charge in [-0.25, -0.2) is 0 Å². The van der Waals surface area contributed by atoms with E-state index in [-0.39, 0.29) is 18.1 Å². The normalized spacial score (nSPS) is 24.9. The molecule has 2 unspecified atom stereocenters. The summed E-state index contributed by atoms with van der Waals surface area (Å²) in [6, 6.07) is 8.55. The first-order chi connectivity index (χ1) is 10.3. The Labute approximate surface area is 126 Å². The number of ether oxygens (including phenoxy) is 1. The average Bonchev–Trinajstić information content (AvgIpc) is 2.91. The summed E-state index contributed by atoms with van der Waals surface area (Å²) in [5.41, 5.74) is 2.60. The van der Waals surface area contributed by atoms with Crippen molar-refractivity contribution in [2.45, 2.75) is 44.9 Å². The van der Waals surface area contributed by atoms with Crippen molar-refractivity contribution >= 4 is 5.91 Å². The molecule has 4 heteroatoms. The van der Waals surface area contributed by atoms with Crippen LogP contribution in [-0.2, 0) is 16.1 Å². The molecule has 3 rings (SSSR count). The van der Waals surface area contributed by atoms with Gasteiger partial charge in [0.25, 0.3) is 0 Å². The van der Waals surface area contributed by atoms with Gasteiger partial charge in [0.05, 0.1) is 6.10 Å². The highest BCUT2D eigenvalue weighted by atomic mass is 16.5. The molecule has 1 aromatic carbocycles. The summed E-state index contributed by atoms with van der Waals surface area (Å²) in [5, 5.41) is 3.45. The largest absolute Gasteiger partial charge is 0.377 e. The van der Waals surface area contributed by atoms with Crippen molar-refractivity contribution < 1.29 is 9.53 Å². The molecule has 0 bridgehead atoms. The van der Waals surface area contributed by atoms with Crippen molar-refractivity contribution in [3.63, 3.8) is 0 Å². The third-order valence-corrected chi connectivity index (χ3v) is 4.48. The third-order valence-electron chi connectivity index (χ3n) is 4.48. The van der Waals surface area contributed by atoms with Gasteiger partial charge in [-0.3, -0.25) is 4.79 Å². The Morgan fingerprint density at radius 2 is 2.29 bits per heavy atom. The van der Waals surface area contributed by atoms with Gasteiger partial charge in [0.15, 0.2) is 0 Å². The maximum atomic E-state index is 12.5. The lowest BCUT2D eigenvalue weighted by atomic mass is 10.0. The molecular weight excluding hydrogens is 264 g/mol. The molecule has 2 atom stereocenters. The predicted molar refractivity (Wildman–Crippen MR) is 81.9 cm³/mol. The number of piperidine rings is 1. The summed E-state index contributed by atoms with van der Waals surface area (Å²) >= 11 is 0. The molecule has 1 N–H and O–H groups in total. The van der Waals surface area contributed by atoms with E-state index in [1.54, 1.807) is 0 Å². The highest BCUT2D eigenvalue weighted by Gasteiger charge is 2.28. The lowest BCUT2D eigenvalue weighted by Gasteiger charge is -2.33. The summed E-state index contributed by atoms with van der Waals surface area (Å²) in [6.45, 7) is 5.23. The van der Waals surface area contributed by atoms with Crippen molar-refractivity contribution in [1.82, 2.24) is 10.2 Å². The van der Waals surface area contributed by atoms with Gasteiger partial charge in [0, 0.05) is 38.7 Å². The summed E-state index contributed by atoms with van der Waals surface area (Å²) in [5.74, 6) is 0.244. The van der Waals surface area contributed by atoms with Crippen LogP contribution in [0, 0.1) is 0 Å². The van der Waals surface area contributed by atoms with Crippen molar-refractivity contribution in [2.24, 2.45) is 0 Å². The molecule has 1 aromatic rings. The van der Waals surface area contributed by atoms with E-state index in [1.165, 1.54) is 11.1 Å². The Morgan fingerprint density at radius 3 is 3.14 bits per heavy atom. The first-order valence-corrected chi connectivity index (χ1v) is 7.98. The zero-order chi connectivity index (χ0) is 14.7. The highest BCUT2D eigenvalue weighted by molar-refractivity contribution is 5.77. The standard InChI is InChI=1S/C17H24N2O2/c1-2-21-14-7-5-9-19(12-14)17(20)10-16-15-8-4-3-6-13(15)11-18-16/h3-4,6,8,14,16,18H,2,5,7,9-12H2,1H3. The van der Waals surface area contributed by atoms with Gasteiger partial charge in [-0.2, -0.15) is 0 Å². The molecule has 2 aliphatic rings. The van der Waals surface area contributed by atoms with Crippen LogP contribution in [0.25, 0.3) is 0 Å². The number of nitrogens with one attached hydrogen (secondary N) is 1. The van der Waals surface area contributed by atoms with Crippen molar-refractivity contribution in [2.75, 3.05) is 19.7 Å². The number of rotatable bonds is 4. The molecule has 0 radical (unpaired) electrons. The van der Waals surface area contributed by atoms with Crippen LogP contribution in [0.3, 0.4) is 0 Å². The number of benzene rings is 1. The van der Waals surface area contributed by atoms with Gasteiger partial charge in [-0.15, -0.1) is 0 Å². The molecule has 4 nitrogen and oxygen atoms in total. The van der Waals surface area contributed by atoms with E-state index >= 15 is 0 Å². The van der Waals surface area contributed by atoms with E-state index in [2.05, 4.69) is 29.6 Å². The minimum absolute atomic E-state index is 0.168. The first-order valence-electron chi connectivity index (χ1n) is 7.98. The van der Waals surface area contributed by atoms with E-state index in [0.29, 0.717) is 6.42 Å². The molecule has 2 heterocycles. The fraction of sp³-hybridized carbons (Fsp3) is 0.588. The lowest BCUT2D eigenvalue weighted by molar-refractivity contribution is -0.135. The molecule has 0 spiro atoms. The van der Waals surface area contributed by atoms with Gasteiger partial charge in [-0.05, 0) is 30.9 Å². The van der Waals surface area contributed by atoms with E-state index in [1.807, 2.05) is 11.8 Å². The molecular formula is C17H24N2O2. The van der Waals surface area contributed by atoms with Crippen LogP contribution in [0.15, 0.2) is 24.3 Å². The van der Waals surface area contributed by atoms with Crippen molar-refractivity contribution in [3.8, 4) is 0 Å². The van der Waals surface area contributed by atoms with Crippen molar-refractivity contribution in [3.05, 3.63) is 35.4 Å². The molecule has 21 heavy (non-hydrogen) atoms. The molecule has 1 amide bonds.